The van der Waals surface area contributed by atoms with E-state index in [-0.39, 0.29) is 61.5 Å². The molecule has 0 saturated carbocycles. The average Bonchev–Trinajstić information content (AvgIpc) is 3.83. The Morgan fingerprint density at radius 1 is 0.535 bits per heavy atom. The van der Waals surface area contributed by atoms with Crippen LogP contribution in [0.3, 0.4) is 0 Å². The smallest absolute Gasteiger partial charge is 0.509 e. The molecule has 0 amide bonds. The van der Waals surface area contributed by atoms with Crippen molar-refractivity contribution >= 4 is 44.6 Å². The van der Waals surface area contributed by atoms with Gasteiger partial charge in [-0.2, -0.15) is 6.07 Å². The molecule has 0 atom stereocenters. The molecule has 0 saturated heterocycles. The minimum absolute atomic E-state index is 0. The molecule has 0 N–H and O–H groups in total. The third-order valence-corrected chi connectivity index (χ3v) is 14.2. The van der Waals surface area contributed by atoms with E-state index in [0.29, 0.717) is 11.5 Å². The number of pyridine rings is 1. The number of hydrogen-bond acceptors (Lipinski definition) is 4. The molecule has 0 radical (unpaired) electrons. The number of aromatic nitrogens is 2. The first-order valence-corrected chi connectivity index (χ1v) is 24.8. The number of rotatable bonds is 8. The summed E-state index contributed by atoms with van der Waals surface area (Å²) in [6, 6.07) is 52.0. The summed E-state index contributed by atoms with van der Waals surface area (Å²) in [6.07, 6.45) is 1.92. The Morgan fingerprint density at radius 3 is 1.76 bits per heavy atom. The van der Waals surface area contributed by atoms with E-state index in [1.54, 1.807) is 0 Å². The fourth-order valence-corrected chi connectivity index (χ4v) is 9.77. The first-order chi connectivity index (χ1) is 32.3. The predicted molar refractivity (Wildman–Crippen MR) is 298 cm³/mol. The molecule has 0 fully saturated rings. The van der Waals surface area contributed by atoms with E-state index in [1.807, 2.05) is 12.3 Å². The molecule has 3 heterocycles. The summed E-state index contributed by atoms with van der Waals surface area (Å²) in [5.74, 6) is 2.35. The number of anilines is 4. The van der Waals surface area contributed by atoms with Gasteiger partial charge in [-0.05, 0) is 109 Å². The van der Waals surface area contributed by atoms with Crippen molar-refractivity contribution in [2.24, 2.45) is 0 Å². The second-order valence-corrected chi connectivity index (χ2v) is 24.3. The quantitative estimate of drug-likeness (QED) is 0.142. The van der Waals surface area contributed by atoms with Gasteiger partial charge in [-0.3, -0.25) is 0 Å². The molecule has 6 aromatic carbocycles. The predicted octanol–water partition coefficient (Wildman–Crippen LogP) is 18.1. The summed E-state index contributed by atoms with van der Waals surface area (Å²) < 4.78 is 9.15. The van der Waals surface area contributed by atoms with Crippen LogP contribution in [0.25, 0.3) is 27.6 Å². The van der Waals surface area contributed by atoms with Crippen LogP contribution in [0.1, 0.15) is 156 Å². The first kappa shape index (κ1) is 53.2. The Bertz CT molecular complexity index is 3220. The summed E-state index contributed by atoms with van der Waals surface area (Å²) in [7, 11) is 0. The zero-order valence-corrected chi connectivity index (χ0v) is 47.6. The fraction of sp³-hybridized carbons (Fsp3) is 0.338. The van der Waals surface area contributed by atoms with Gasteiger partial charge >= 0.3 is 21.1 Å². The summed E-state index contributed by atoms with van der Waals surface area (Å²) in [5.41, 5.74) is 14.7. The Kier molecular flexibility index (Phi) is 14.3. The third-order valence-electron chi connectivity index (χ3n) is 14.2. The molecule has 1 aliphatic heterocycles. The zero-order valence-electron chi connectivity index (χ0n) is 45.3. The second kappa shape index (κ2) is 19.1. The van der Waals surface area contributed by atoms with E-state index in [9.17, 15) is 0 Å². The molecule has 0 unspecified atom stereocenters. The van der Waals surface area contributed by atoms with Crippen LogP contribution >= 0.6 is 0 Å². The van der Waals surface area contributed by atoms with Crippen LogP contribution < -0.4 is 14.5 Å². The van der Waals surface area contributed by atoms with Crippen LogP contribution in [-0.2, 0) is 48.1 Å². The molecule has 1 aliphatic rings. The minimum Gasteiger partial charge on any atom is -0.509 e. The molecule has 71 heavy (non-hydrogen) atoms. The number of benzene rings is 6. The third kappa shape index (κ3) is 10.2. The molecule has 2 aromatic heterocycles. The van der Waals surface area contributed by atoms with Crippen molar-refractivity contribution in [1.29, 1.82) is 0 Å². The summed E-state index contributed by atoms with van der Waals surface area (Å²) in [6.45, 7) is 39.1. The van der Waals surface area contributed by atoms with Gasteiger partial charge in [0.15, 0.2) is 0 Å². The molecule has 9 rings (SSSR count). The van der Waals surface area contributed by atoms with Crippen LogP contribution in [0.5, 0.6) is 11.5 Å². The van der Waals surface area contributed by atoms with Gasteiger partial charge in [0.1, 0.15) is 5.82 Å². The van der Waals surface area contributed by atoms with Crippen molar-refractivity contribution in [3.63, 3.8) is 0 Å². The largest absolute Gasteiger partial charge is 4.00 e. The van der Waals surface area contributed by atoms with Crippen molar-refractivity contribution < 1.29 is 25.8 Å². The standard InChI is InChI=1S/C64H71N4O.CH3.Pt/c1-41(2)42-30-47(36-50(31-42)69-49-26-27-52-51-24-20-21-25-55(51)68(56(52)37-49)59-35-44(28-29-65-59)60(3,4)5)66-40-67(58-39-54(63(12,13)14)53(38-57(58)66)62(9,10)11)48-33-45(61(6,7)8)32-46(34-48)64(15,16)43-22-18-17-19-23-43;;/h17-35,38-41H,1-16H3;1H3;/q-3;-1;+4. The van der Waals surface area contributed by atoms with Gasteiger partial charge in [0.2, 0.25) is 0 Å². The Balaban J connectivity index is 0.00000371. The second-order valence-electron chi connectivity index (χ2n) is 24.3. The minimum atomic E-state index is -0.237. The maximum atomic E-state index is 6.93. The van der Waals surface area contributed by atoms with Crippen molar-refractivity contribution in [2.75, 3.05) is 9.80 Å². The van der Waals surface area contributed by atoms with Gasteiger partial charge in [0.25, 0.3) is 0 Å². The summed E-state index contributed by atoms with van der Waals surface area (Å²) in [4.78, 5) is 9.66. The normalized spacial score (nSPS) is 13.4. The van der Waals surface area contributed by atoms with Gasteiger partial charge < -0.3 is 26.5 Å². The van der Waals surface area contributed by atoms with E-state index in [1.165, 1.54) is 33.4 Å². The fourth-order valence-electron chi connectivity index (χ4n) is 9.77. The van der Waals surface area contributed by atoms with Gasteiger partial charge in [-0.1, -0.05) is 171 Å². The van der Waals surface area contributed by atoms with Crippen LogP contribution in [-0.4, -0.2) is 9.55 Å². The zero-order chi connectivity index (χ0) is 49.6. The van der Waals surface area contributed by atoms with Crippen molar-refractivity contribution in [2.45, 2.75) is 144 Å². The van der Waals surface area contributed by atoms with Crippen molar-refractivity contribution in [1.82, 2.24) is 9.55 Å². The molecular formula is C65H74N4OPt. The van der Waals surface area contributed by atoms with Crippen LogP contribution in [0.15, 0.2) is 128 Å². The SMILES string of the molecule is CC(C)c1cc(Oc2[c-]c3c(cc2)c2ccccc2n3-c2cc(C(C)(C)C)ccn2)[c-]c(N2[CH-]N(c3cc(C(C)(C)C)cc(C(C)(C)c4ccccc4)c3)c3cc(C(C)(C)C)c(C(C)(C)C)cc32)c1.[CH3-].[Pt+4]. The van der Waals surface area contributed by atoms with Crippen molar-refractivity contribution in [3.05, 3.63) is 193 Å². The van der Waals surface area contributed by atoms with E-state index >= 15 is 0 Å². The van der Waals surface area contributed by atoms with E-state index in [4.69, 9.17) is 9.72 Å². The summed E-state index contributed by atoms with van der Waals surface area (Å²) in [5, 5.41) is 2.25. The molecule has 0 bridgehead atoms. The molecule has 0 aliphatic carbocycles. The topological polar surface area (TPSA) is 33.5 Å². The Hall–Kier alpha value is -5.64. The van der Waals surface area contributed by atoms with Gasteiger partial charge in [0.05, 0.1) is 0 Å². The van der Waals surface area contributed by atoms with E-state index in [2.05, 4.69) is 259 Å². The van der Waals surface area contributed by atoms with E-state index in [0.717, 1.165) is 55.9 Å². The first-order valence-electron chi connectivity index (χ1n) is 24.8. The molecule has 6 heteroatoms. The maximum Gasteiger partial charge on any atom is 4.00 e. The van der Waals surface area contributed by atoms with Gasteiger partial charge in [-0.15, -0.1) is 53.6 Å². The Labute approximate surface area is 440 Å². The van der Waals surface area contributed by atoms with Gasteiger partial charge in [0, 0.05) is 45.7 Å². The molecule has 8 aromatic rings. The Morgan fingerprint density at radius 2 is 1.14 bits per heavy atom. The van der Waals surface area contributed by atoms with Crippen LogP contribution in [0.4, 0.5) is 22.7 Å². The van der Waals surface area contributed by atoms with Crippen molar-refractivity contribution in [3.8, 4) is 17.3 Å². The molecule has 0 spiro atoms. The van der Waals surface area contributed by atoms with E-state index < -0.39 is 0 Å². The maximum absolute atomic E-state index is 6.93. The van der Waals surface area contributed by atoms with Crippen LogP contribution in [0, 0.1) is 26.2 Å². The number of para-hydroxylation sites is 1. The monoisotopic (exact) mass is 1120 g/mol. The summed E-state index contributed by atoms with van der Waals surface area (Å²) >= 11 is 0. The molecular weight excluding hydrogens is 1050 g/mol. The molecule has 370 valence electrons. The van der Waals surface area contributed by atoms with Gasteiger partial charge in [-0.25, -0.2) is 4.98 Å². The number of fused-ring (bicyclic) bond motifs is 4. The average molecular weight is 1120 g/mol. The van der Waals surface area contributed by atoms with Crippen LogP contribution in [0.2, 0.25) is 0 Å². The number of hydrogen-bond donors (Lipinski definition) is 0. The molecule has 5 nitrogen and oxygen atoms in total. The number of ether oxygens (including phenoxy) is 1. The number of nitrogens with zero attached hydrogens (tertiary/aromatic N) is 4.